The smallest absolute Gasteiger partial charge is 0.166 e. The minimum absolute atomic E-state index is 0.759. The molecule has 4 nitrogen and oxygen atoms in total. The zero-order chi connectivity index (χ0) is 11.9. The van der Waals surface area contributed by atoms with Gasteiger partial charge in [-0.3, -0.25) is 0 Å². The number of para-hydroxylation sites is 2. The minimum atomic E-state index is 0.759. The minimum Gasteiger partial charge on any atom is -0.383 e. The van der Waals surface area contributed by atoms with Gasteiger partial charge in [-0.25, -0.2) is 4.98 Å². The van der Waals surface area contributed by atoms with Crippen molar-refractivity contribution in [3.63, 3.8) is 0 Å². The molecule has 0 amide bonds. The van der Waals surface area contributed by atoms with Crippen molar-refractivity contribution in [2.45, 2.75) is 5.16 Å². The van der Waals surface area contributed by atoms with E-state index in [4.69, 9.17) is 4.74 Å². The topological polar surface area (TPSA) is 49.9 Å². The van der Waals surface area contributed by atoms with Gasteiger partial charge in [-0.15, -0.1) is 0 Å². The van der Waals surface area contributed by atoms with Crippen LogP contribution in [-0.4, -0.2) is 42.5 Å². The van der Waals surface area contributed by atoms with Gasteiger partial charge in [-0.1, -0.05) is 23.9 Å². The van der Waals surface area contributed by atoms with Crippen LogP contribution in [0.3, 0.4) is 0 Å². The van der Waals surface area contributed by atoms with E-state index in [9.17, 15) is 0 Å². The Hall–Kier alpha value is -1.04. The summed E-state index contributed by atoms with van der Waals surface area (Å²) in [5.74, 6) is 1.00. The number of ether oxygens (including phenoxy) is 1. The van der Waals surface area contributed by atoms with Crippen LogP contribution in [0, 0.1) is 0 Å². The molecule has 0 radical (unpaired) electrons. The van der Waals surface area contributed by atoms with Crippen LogP contribution in [0.5, 0.6) is 0 Å². The molecular formula is C12H17N3OS. The standard InChI is InChI=1S/C12H17N3OS/c1-16-8-6-13-7-9-17-12-14-10-4-2-3-5-11(10)15-12/h2-5,13H,6-9H2,1H3,(H,14,15). The highest BCUT2D eigenvalue weighted by atomic mass is 32.2. The SMILES string of the molecule is COCCNCCSc1nc2ccccc2[nH]1. The maximum Gasteiger partial charge on any atom is 0.166 e. The highest BCUT2D eigenvalue weighted by molar-refractivity contribution is 7.99. The van der Waals surface area contributed by atoms with Gasteiger partial charge in [0, 0.05) is 26.0 Å². The van der Waals surface area contributed by atoms with Crippen LogP contribution in [-0.2, 0) is 4.74 Å². The molecule has 1 aromatic heterocycles. The summed E-state index contributed by atoms with van der Waals surface area (Å²) in [7, 11) is 1.71. The van der Waals surface area contributed by atoms with Gasteiger partial charge in [-0.2, -0.15) is 0 Å². The first-order valence-electron chi connectivity index (χ1n) is 5.67. The summed E-state index contributed by atoms with van der Waals surface area (Å²) in [4.78, 5) is 7.80. The number of benzene rings is 1. The Morgan fingerprint density at radius 3 is 3.06 bits per heavy atom. The summed E-state index contributed by atoms with van der Waals surface area (Å²) in [6.07, 6.45) is 0. The lowest BCUT2D eigenvalue weighted by atomic mass is 10.3. The van der Waals surface area contributed by atoms with Crippen LogP contribution in [0.4, 0.5) is 0 Å². The molecule has 5 heteroatoms. The summed E-state index contributed by atoms with van der Waals surface area (Å²) in [6, 6.07) is 8.08. The molecule has 0 aliphatic heterocycles. The second-order valence-corrected chi connectivity index (χ2v) is 4.73. The molecule has 1 heterocycles. The van der Waals surface area contributed by atoms with Crippen molar-refractivity contribution >= 4 is 22.8 Å². The normalized spacial score (nSPS) is 11.1. The Bertz CT molecular complexity index is 425. The number of hydrogen-bond acceptors (Lipinski definition) is 4. The molecule has 0 aliphatic carbocycles. The number of nitrogens with one attached hydrogen (secondary N) is 2. The van der Waals surface area contributed by atoms with Crippen molar-refractivity contribution in [2.24, 2.45) is 0 Å². The van der Waals surface area contributed by atoms with Crippen molar-refractivity contribution in [1.82, 2.24) is 15.3 Å². The second-order valence-electron chi connectivity index (χ2n) is 3.65. The first kappa shape index (κ1) is 12.4. The molecule has 0 spiro atoms. The Kier molecular flexibility index (Phi) is 4.85. The molecular weight excluding hydrogens is 234 g/mol. The quantitative estimate of drug-likeness (QED) is 0.583. The largest absolute Gasteiger partial charge is 0.383 e. The maximum atomic E-state index is 4.96. The molecule has 0 fully saturated rings. The number of aromatic amines is 1. The van der Waals surface area contributed by atoms with E-state index in [-0.39, 0.29) is 0 Å². The summed E-state index contributed by atoms with van der Waals surface area (Å²) in [5.41, 5.74) is 2.13. The number of fused-ring (bicyclic) bond motifs is 1. The first-order valence-corrected chi connectivity index (χ1v) is 6.66. The van der Waals surface area contributed by atoms with Crippen molar-refractivity contribution in [2.75, 3.05) is 32.6 Å². The van der Waals surface area contributed by atoms with E-state index in [1.807, 2.05) is 24.3 Å². The Labute approximate surface area is 105 Å². The highest BCUT2D eigenvalue weighted by Gasteiger charge is 2.01. The second kappa shape index (κ2) is 6.64. The number of H-pyrrole nitrogens is 1. The zero-order valence-electron chi connectivity index (χ0n) is 9.90. The fraction of sp³-hybridized carbons (Fsp3) is 0.417. The van der Waals surface area contributed by atoms with Crippen LogP contribution in [0.1, 0.15) is 0 Å². The fourth-order valence-corrected chi connectivity index (χ4v) is 2.30. The lowest BCUT2D eigenvalue weighted by Gasteiger charge is -2.01. The third-order valence-electron chi connectivity index (χ3n) is 2.37. The number of rotatable bonds is 7. The van der Waals surface area contributed by atoms with E-state index in [1.54, 1.807) is 18.9 Å². The molecule has 92 valence electrons. The van der Waals surface area contributed by atoms with Crippen molar-refractivity contribution in [3.05, 3.63) is 24.3 Å². The van der Waals surface area contributed by atoms with Gasteiger partial charge < -0.3 is 15.0 Å². The van der Waals surface area contributed by atoms with Gasteiger partial charge in [-0.05, 0) is 12.1 Å². The number of thioether (sulfide) groups is 1. The van der Waals surface area contributed by atoms with Crippen molar-refractivity contribution in [1.29, 1.82) is 0 Å². The number of aromatic nitrogens is 2. The van der Waals surface area contributed by atoms with Crippen LogP contribution in [0.25, 0.3) is 11.0 Å². The third kappa shape index (κ3) is 3.73. The van der Waals surface area contributed by atoms with Crippen LogP contribution >= 0.6 is 11.8 Å². The lowest BCUT2D eigenvalue weighted by Crippen LogP contribution is -2.21. The molecule has 17 heavy (non-hydrogen) atoms. The van der Waals surface area contributed by atoms with Gasteiger partial charge in [0.2, 0.25) is 0 Å². The van der Waals surface area contributed by atoms with Gasteiger partial charge >= 0.3 is 0 Å². The van der Waals surface area contributed by atoms with Gasteiger partial charge in [0.05, 0.1) is 17.6 Å². The van der Waals surface area contributed by atoms with E-state index in [0.29, 0.717) is 0 Å². The van der Waals surface area contributed by atoms with Crippen LogP contribution in [0.15, 0.2) is 29.4 Å². The van der Waals surface area contributed by atoms with E-state index in [0.717, 1.165) is 41.6 Å². The fourth-order valence-electron chi connectivity index (χ4n) is 1.52. The van der Waals surface area contributed by atoms with E-state index in [2.05, 4.69) is 15.3 Å². The predicted octanol–water partition coefficient (Wildman–Crippen LogP) is 1.89. The van der Waals surface area contributed by atoms with E-state index in [1.165, 1.54) is 0 Å². The maximum absolute atomic E-state index is 4.96. The van der Waals surface area contributed by atoms with Gasteiger partial charge in [0.1, 0.15) is 0 Å². The molecule has 2 N–H and O–H groups in total. The monoisotopic (exact) mass is 251 g/mol. The summed E-state index contributed by atoms with van der Waals surface area (Å²) < 4.78 is 4.96. The molecule has 0 bridgehead atoms. The number of hydrogen-bond donors (Lipinski definition) is 2. The van der Waals surface area contributed by atoms with Crippen LogP contribution < -0.4 is 5.32 Å². The summed E-state index contributed by atoms with van der Waals surface area (Å²) >= 11 is 1.73. The Morgan fingerprint density at radius 2 is 2.24 bits per heavy atom. The van der Waals surface area contributed by atoms with Gasteiger partial charge in [0.15, 0.2) is 5.16 Å². The summed E-state index contributed by atoms with van der Waals surface area (Å²) in [6.45, 7) is 2.62. The third-order valence-corrected chi connectivity index (χ3v) is 3.24. The zero-order valence-corrected chi connectivity index (χ0v) is 10.7. The average Bonchev–Trinajstić information content (AvgIpc) is 2.76. The molecule has 0 atom stereocenters. The molecule has 2 aromatic rings. The van der Waals surface area contributed by atoms with E-state index >= 15 is 0 Å². The molecule has 0 saturated heterocycles. The predicted molar refractivity (Wildman–Crippen MR) is 71.6 cm³/mol. The number of methoxy groups -OCH3 is 1. The lowest BCUT2D eigenvalue weighted by molar-refractivity contribution is 0.200. The first-order chi connectivity index (χ1) is 8.40. The van der Waals surface area contributed by atoms with Crippen molar-refractivity contribution in [3.8, 4) is 0 Å². The Balaban J connectivity index is 1.75. The van der Waals surface area contributed by atoms with Crippen LogP contribution in [0.2, 0.25) is 0 Å². The highest BCUT2D eigenvalue weighted by Crippen LogP contribution is 2.18. The molecule has 0 aliphatic rings. The molecule has 2 rings (SSSR count). The number of imidazole rings is 1. The number of nitrogens with zero attached hydrogens (tertiary/aromatic N) is 1. The Morgan fingerprint density at radius 1 is 1.35 bits per heavy atom. The van der Waals surface area contributed by atoms with Gasteiger partial charge in [0.25, 0.3) is 0 Å². The molecule has 0 saturated carbocycles. The molecule has 0 unspecified atom stereocenters. The summed E-state index contributed by atoms with van der Waals surface area (Å²) in [5, 5.41) is 4.29. The van der Waals surface area contributed by atoms with E-state index < -0.39 is 0 Å². The van der Waals surface area contributed by atoms with Crippen molar-refractivity contribution < 1.29 is 4.74 Å². The molecule has 1 aromatic carbocycles. The average molecular weight is 251 g/mol.